The Morgan fingerprint density at radius 3 is 2.41 bits per heavy atom. The number of hydrogen-bond donors (Lipinski definition) is 2. The largest absolute Gasteiger partial charge is 0.416 e. The second kappa shape index (κ2) is 10.1. The van der Waals surface area contributed by atoms with E-state index in [1.54, 1.807) is 16.3 Å². The Labute approximate surface area is 193 Å². The zero-order chi connectivity index (χ0) is 23.5. The number of benzene rings is 1. The van der Waals surface area contributed by atoms with Gasteiger partial charge in [-0.3, -0.25) is 9.59 Å². The summed E-state index contributed by atoms with van der Waals surface area (Å²) in [7, 11) is 0. The number of carbonyl (C=O) groups excluding carboxylic acids is 2. The number of piperidine rings is 1. The van der Waals surface area contributed by atoms with Crippen molar-refractivity contribution in [2.45, 2.75) is 44.9 Å². The quantitative estimate of drug-likeness (QED) is 0.583. The minimum absolute atomic E-state index is 0.0127. The molecule has 2 amide bonds. The van der Waals surface area contributed by atoms with Crippen molar-refractivity contribution in [1.82, 2.24) is 10.2 Å². The number of alkyl halides is 3. The van der Waals surface area contributed by atoms with E-state index >= 15 is 0 Å². The number of anilines is 1. The summed E-state index contributed by atoms with van der Waals surface area (Å²) in [5, 5.41) is 9.57. The molecule has 1 saturated heterocycles. The van der Waals surface area contributed by atoms with Gasteiger partial charge < -0.3 is 15.5 Å². The molecule has 2 N–H and O–H groups in total. The van der Waals surface area contributed by atoms with E-state index < -0.39 is 17.8 Å². The van der Waals surface area contributed by atoms with Crippen molar-refractivity contribution in [2.75, 3.05) is 18.4 Å². The van der Waals surface area contributed by atoms with Crippen molar-refractivity contribution in [3.8, 4) is 0 Å². The monoisotopic (exact) mass is 487 g/mol. The highest BCUT2D eigenvalue weighted by Gasteiger charge is 2.33. The van der Waals surface area contributed by atoms with Crippen LogP contribution in [-0.4, -0.2) is 41.9 Å². The number of carbonyl (C=O) groups is 2. The number of hydrogen-bond acceptors (Lipinski definition) is 4. The molecule has 5 nitrogen and oxygen atoms in total. The number of nitrogens with one attached hydrogen (secondary N) is 2. The lowest BCUT2D eigenvalue weighted by Gasteiger charge is -2.36. The maximum Gasteiger partial charge on any atom is 0.416 e. The molecule has 0 radical (unpaired) electrons. The second-order valence-corrected chi connectivity index (χ2v) is 9.33. The third kappa shape index (κ3) is 5.95. The molecule has 3 rings (SSSR count). The maximum absolute atomic E-state index is 13.2. The molecule has 0 aliphatic carbocycles. The summed E-state index contributed by atoms with van der Waals surface area (Å²) >= 11 is 7.52. The Bertz CT molecular complexity index is 942. The molecule has 0 unspecified atom stereocenters. The zero-order valence-electron chi connectivity index (χ0n) is 17.7. The van der Waals surface area contributed by atoms with Crippen LogP contribution in [0.2, 0.25) is 5.02 Å². The highest BCUT2D eigenvalue weighted by molar-refractivity contribution is 7.08. The third-order valence-electron chi connectivity index (χ3n) is 5.47. The van der Waals surface area contributed by atoms with Crippen LogP contribution in [0.15, 0.2) is 35.0 Å². The molecule has 2 aromatic rings. The van der Waals surface area contributed by atoms with Gasteiger partial charge in [-0.05, 0) is 48.4 Å². The minimum atomic E-state index is -4.49. The van der Waals surface area contributed by atoms with E-state index in [-0.39, 0.29) is 34.5 Å². The van der Waals surface area contributed by atoms with Crippen LogP contribution in [0.4, 0.5) is 18.9 Å². The molecule has 32 heavy (non-hydrogen) atoms. The summed E-state index contributed by atoms with van der Waals surface area (Å²) in [6.07, 6.45) is -3.22. The van der Waals surface area contributed by atoms with E-state index in [1.807, 2.05) is 19.2 Å². The molecule has 2 heterocycles. The standard InChI is InChI=1S/C22H25ClF3N3O2S/c1-13(2)19(28-18-4-3-15(11-17(18)23)22(24,25)26)21(31)29-8-5-16(6-9-29)27-20(30)14-7-10-32-12-14/h3-4,7,10-13,16,19,28H,5-6,8-9H2,1-2H3,(H,27,30)/t19-/m0/s1. The van der Waals surface area contributed by atoms with Crippen LogP contribution in [-0.2, 0) is 11.0 Å². The second-order valence-electron chi connectivity index (χ2n) is 8.14. The van der Waals surface area contributed by atoms with Gasteiger partial charge >= 0.3 is 6.18 Å². The first-order valence-corrected chi connectivity index (χ1v) is 11.6. The van der Waals surface area contributed by atoms with Gasteiger partial charge in [0.1, 0.15) is 6.04 Å². The molecular weight excluding hydrogens is 463 g/mol. The van der Waals surface area contributed by atoms with Gasteiger partial charge in [-0.15, -0.1) is 0 Å². The topological polar surface area (TPSA) is 61.4 Å². The molecular formula is C22H25ClF3N3O2S. The fraction of sp³-hybridized carbons (Fsp3) is 0.455. The van der Waals surface area contributed by atoms with Gasteiger partial charge in [-0.1, -0.05) is 25.4 Å². The molecule has 1 atom stereocenters. The third-order valence-corrected chi connectivity index (χ3v) is 6.46. The SMILES string of the molecule is CC(C)[C@H](Nc1ccc(C(F)(F)F)cc1Cl)C(=O)N1CCC(NC(=O)c2ccsc2)CC1. The fourth-order valence-corrected chi connectivity index (χ4v) is 4.46. The van der Waals surface area contributed by atoms with Crippen LogP contribution < -0.4 is 10.6 Å². The Kier molecular flexibility index (Phi) is 7.71. The van der Waals surface area contributed by atoms with Gasteiger partial charge in [-0.2, -0.15) is 24.5 Å². The number of amides is 2. The molecule has 0 bridgehead atoms. The molecule has 0 saturated carbocycles. The summed E-state index contributed by atoms with van der Waals surface area (Å²) < 4.78 is 38.7. The summed E-state index contributed by atoms with van der Waals surface area (Å²) in [4.78, 5) is 27.1. The molecule has 1 aromatic carbocycles. The smallest absolute Gasteiger partial charge is 0.372 e. The molecule has 1 fully saturated rings. The molecule has 1 aliphatic heterocycles. The predicted octanol–water partition coefficient (Wildman–Crippen LogP) is 5.28. The van der Waals surface area contributed by atoms with E-state index in [9.17, 15) is 22.8 Å². The first-order chi connectivity index (χ1) is 15.1. The number of rotatable bonds is 6. The fourth-order valence-electron chi connectivity index (χ4n) is 3.59. The van der Waals surface area contributed by atoms with Crippen LogP contribution in [0.5, 0.6) is 0 Å². The van der Waals surface area contributed by atoms with Crippen LogP contribution >= 0.6 is 22.9 Å². The van der Waals surface area contributed by atoms with Crippen molar-refractivity contribution in [2.24, 2.45) is 5.92 Å². The van der Waals surface area contributed by atoms with Crippen LogP contribution in [0, 0.1) is 5.92 Å². The van der Waals surface area contributed by atoms with Crippen molar-refractivity contribution in [3.63, 3.8) is 0 Å². The first-order valence-electron chi connectivity index (χ1n) is 10.3. The molecule has 0 spiro atoms. The summed E-state index contributed by atoms with van der Waals surface area (Å²) in [5.41, 5.74) is 0.0719. The van der Waals surface area contributed by atoms with Gasteiger partial charge in [0.15, 0.2) is 0 Å². The van der Waals surface area contributed by atoms with Crippen molar-refractivity contribution >= 4 is 40.4 Å². The highest BCUT2D eigenvalue weighted by atomic mass is 35.5. The highest BCUT2D eigenvalue weighted by Crippen LogP contribution is 2.34. The average Bonchev–Trinajstić information content (AvgIpc) is 3.27. The van der Waals surface area contributed by atoms with E-state index in [2.05, 4.69) is 10.6 Å². The molecule has 174 valence electrons. The minimum Gasteiger partial charge on any atom is -0.372 e. The van der Waals surface area contributed by atoms with Crippen LogP contribution in [0.3, 0.4) is 0 Å². The van der Waals surface area contributed by atoms with E-state index in [0.29, 0.717) is 31.5 Å². The molecule has 10 heteroatoms. The van der Waals surface area contributed by atoms with E-state index in [1.165, 1.54) is 17.4 Å². The van der Waals surface area contributed by atoms with Crippen LogP contribution in [0.1, 0.15) is 42.6 Å². The molecule has 1 aromatic heterocycles. The van der Waals surface area contributed by atoms with Crippen LogP contribution in [0.25, 0.3) is 0 Å². The Hall–Kier alpha value is -2.26. The Morgan fingerprint density at radius 1 is 1.19 bits per heavy atom. The van der Waals surface area contributed by atoms with Gasteiger partial charge in [-0.25, -0.2) is 0 Å². The van der Waals surface area contributed by atoms with Crippen molar-refractivity contribution < 1.29 is 22.8 Å². The van der Waals surface area contributed by atoms with Gasteiger partial charge in [0.2, 0.25) is 5.91 Å². The lowest BCUT2D eigenvalue weighted by atomic mass is 9.99. The first kappa shape index (κ1) is 24.4. The zero-order valence-corrected chi connectivity index (χ0v) is 19.3. The van der Waals surface area contributed by atoms with E-state index in [4.69, 9.17) is 11.6 Å². The number of likely N-dealkylation sites (tertiary alicyclic amines) is 1. The number of nitrogens with zero attached hydrogens (tertiary/aromatic N) is 1. The van der Waals surface area contributed by atoms with Crippen molar-refractivity contribution in [1.29, 1.82) is 0 Å². The van der Waals surface area contributed by atoms with Gasteiger partial charge in [0.05, 0.1) is 16.3 Å². The number of halogens is 4. The maximum atomic E-state index is 13.2. The normalized spacial score (nSPS) is 16.2. The lowest BCUT2D eigenvalue weighted by Crippen LogP contribution is -2.51. The van der Waals surface area contributed by atoms with E-state index in [0.717, 1.165) is 12.1 Å². The molecule has 1 aliphatic rings. The number of thiophene rings is 1. The van der Waals surface area contributed by atoms with Gasteiger partial charge in [0.25, 0.3) is 5.91 Å². The lowest BCUT2D eigenvalue weighted by molar-refractivity contribution is -0.137. The Balaban J connectivity index is 1.60. The predicted molar refractivity (Wildman–Crippen MR) is 120 cm³/mol. The summed E-state index contributed by atoms with van der Waals surface area (Å²) in [6, 6.07) is 4.16. The Morgan fingerprint density at radius 2 is 1.88 bits per heavy atom. The summed E-state index contributed by atoms with van der Waals surface area (Å²) in [6.45, 7) is 4.70. The summed E-state index contributed by atoms with van der Waals surface area (Å²) in [5.74, 6) is -0.370. The average molecular weight is 488 g/mol. The van der Waals surface area contributed by atoms with Crippen molar-refractivity contribution in [3.05, 3.63) is 51.2 Å². The van der Waals surface area contributed by atoms with Gasteiger partial charge in [0, 0.05) is 30.1 Å².